The summed E-state index contributed by atoms with van der Waals surface area (Å²) in [7, 11) is 0. The molecule has 0 aliphatic heterocycles. The van der Waals surface area contributed by atoms with Gasteiger partial charge in [-0.1, -0.05) is 12.1 Å². The number of ether oxygens (including phenoxy) is 1. The van der Waals surface area contributed by atoms with Gasteiger partial charge in [0.25, 0.3) is 6.43 Å². The Hall–Kier alpha value is -1.49. The lowest BCUT2D eigenvalue weighted by Crippen LogP contribution is -2.14. The molecule has 0 aliphatic rings. The Kier molecular flexibility index (Phi) is 4.17. The second kappa shape index (κ2) is 5.41. The smallest absolute Gasteiger partial charge is 0.272 e. The van der Waals surface area contributed by atoms with Gasteiger partial charge in [0, 0.05) is 5.56 Å². The summed E-state index contributed by atoms with van der Waals surface area (Å²) < 4.78 is 28.4. The second-order valence-corrected chi connectivity index (χ2v) is 2.86. The molecule has 1 aromatic rings. The van der Waals surface area contributed by atoms with Crippen molar-refractivity contribution in [3.05, 3.63) is 29.8 Å². The number of hydrogen-bond acceptors (Lipinski definition) is 3. The summed E-state index contributed by atoms with van der Waals surface area (Å²) in [5, 5.41) is 0. The standard InChI is InChI=1S/C10H11F2NO2/c11-10(12)6-15-8-3-1-2-7(4-8)9(14)5-13/h1-4,10H,5-6,13H2. The van der Waals surface area contributed by atoms with Crippen LogP contribution in [0.1, 0.15) is 10.4 Å². The number of ketones is 1. The zero-order valence-corrected chi connectivity index (χ0v) is 7.95. The van der Waals surface area contributed by atoms with Crippen molar-refractivity contribution >= 4 is 5.78 Å². The number of nitrogens with two attached hydrogens (primary N) is 1. The van der Waals surface area contributed by atoms with Crippen molar-refractivity contribution in [2.75, 3.05) is 13.2 Å². The summed E-state index contributed by atoms with van der Waals surface area (Å²) in [6, 6.07) is 6.03. The Bertz CT molecular complexity index is 342. The highest BCUT2D eigenvalue weighted by Gasteiger charge is 2.06. The molecule has 82 valence electrons. The summed E-state index contributed by atoms with van der Waals surface area (Å²) in [5.41, 5.74) is 5.53. The SMILES string of the molecule is NCC(=O)c1cccc(OCC(F)F)c1. The van der Waals surface area contributed by atoms with Crippen LogP contribution in [0.15, 0.2) is 24.3 Å². The van der Waals surface area contributed by atoms with Crippen LogP contribution in [0.25, 0.3) is 0 Å². The van der Waals surface area contributed by atoms with Crippen molar-refractivity contribution < 1.29 is 18.3 Å². The molecule has 0 aromatic heterocycles. The van der Waals surface area contributed by atoms with E-state index in [1.165, 1.54) is 12.1 Å². The Morgan fingerprint density at radius 3 is 2.80 bits per heavy atom. The van der Waals surface area contributed by atoms with E-state index in [2.05, 4.69) is 0 Å². The van der Waals surface area contributed by atoms with Gasteiger partial charge in [0.05, 0.1) is 6.54 Å². The molecule has 15 heavy (non-hydrogen) atoms. The van der Waals surface area contributed by atoms with Crippen molar-refractivity contribution in [2.45, 2.75) is 6.43 Å². The van der Waals surface area contributed by atoms with Crippen LogP contribution in [0.4, 0.5) is 8.78 Å². The maximum absolute atomic E-state index is 11.8. The summed E-state index contributed by atoms with van der Waals surface area (Å²) in [5.74, 6) is -0.00732. The van der Waals surface area contributed by atoms with Gasteiger partial charge in [-0.3, -0.25) is 4.79 Å². The molecule has 0 radical (unpaired) electrons. The van der Waals surface area contributed by atoms with Gasteiger partial charge in [-0.2, -0.15) is 0 Å². The number of Topliss-reactive ketones (excluding diaryl/α,β-unsaturated/α-hetero) is 1. The first kappa shape index (κ1) is 11.6. The van der Waals surface area contributed by atoms with Gasteiger partial charge in [-0.15, -0.1) is 0 Å². The number of alkyl halides is 2. The van der Waals surface area contributed by atoms with Gasteiger partial charge in [-0.05, 0) is 12.1 Å². The molecule has 0 atom stereocenters. The van der Waals surface area contributed by atoms with Crippen LogP contribution in [0.3, 0.4) is 0 Å². The fraction of sp³-hybridized carbons (Fsp3) is 0.300. The zero-order valence-electron chi connectivity index (χ0n) is 7.95. The van der Waals surface area contributed by atoms with Crippen LogP contribution in [0.2, 0.25) is 0 Å². The molecule has 0 saturated carbocycles. The lowest BCUT2D eigenvalue weighted by atomic mass is 10.1. The van der Waals surface area contributed by atoms with Crippen molar-refractivity contribution in [3.63, 3.8) is 0 Å². The molecule has 0 heterocycles. The Balaban J connectivity index is 2.70. The predicted molar refractivity (Wildman–Crippen MR) is 51.3 cm³/mol. The van der Waals surface area contributed by atoms with Gasteiger partial charge >= 0.3 is 0 Å². The first-order valence-electron chi connectivity index (χ1n) is 4.37. The van der Waals surface area contributed by atoms with Gasteiger partial charge in [0.15, 0.2) is 5.78 Å². The summed E-state index contributed by atoms with van der Waals surface area (Å²) >= 11 is 0. The summed E-state index contributed by atoms with van der Waals surface area (Å²) in [6.07, 6.45) is -2.53. The third-order valence-electron chi connectivity index (χ3n) is 1.72. The largest absolute Gasteiger partial charge is 0.488 e. The molecule has 2 N–H and O–H groups in total. The molecule has 5 heteroatoms. The topological polar surface area (TPSA) is 52.3 Å². The lowest BCUT2D eigenvalue weighted by molar-refractivity contribution is 0.0818. The zero-order chi connectivity index (χ0) is 11.3. The third-order valence-corrected chi connectivity index (χ3v) is 1.72. The normalized spacial score (nSPS) is 10.4. The molecule has 3 nitrogen and oxygen atoms in total. The maximum Gasteiger partial charge on any atom is 0.272 e. The molecule has 0 aliphatic carbocycles. The van der Waals surface area contributed by atoms with Crippen LogP contribution in [-0.4, -0.2) is 25.4 Å². The van der Waals surface area contributed by atoms with Crippen LogP contribution < -0.4 is 10.5 Å². The Labute approximate surface area is 85.8 Å². The molecule has 0 fully saturated rings. The number of carbonyl (C=O) groups is 1. The van der Waals surface area contributed by atoms with E-state index < -0.39 is 13.0 Å². The van der Waals surface area contributed by atoms with E-state index in [9.17, 15) is 13.6 Å². The summed E-state index contributed by atoms with van der Waals surface area (Å²) in [6.45, 7) is -0.793. The Morgan fingerprint density at radius 1 is 1.47 bits per heavy atom. The molecule has 0 saturated heterocycles. The quantitative estimate of drug-likeness (QED) is 0.757. The molecule has 0 unspecified atom stereocenters. The highest BCUT2D eigenvalue weighted by Crippen LogP contribution is 2.14. The van der Waals surface area contributed by atoms with Crippen LogP contribution in [0.5, 0.6) is 5.75 Å². The number of benzene rings is 1. The van der Waals surface area contributed by atoms with Gasteiger partial charge in [0.2, 0.25) is 0 Å². The molecule has 0 bridgehead atoms. The minimum atomic E-state index is -2.53. The fourth-order valence-corrected chi connectivity index (χ4v) is 1.04. The fourth-order valence-electron chi connectivity index (χ4n) is 1.04. The highest BCUT2D eigenvalue weighted by molar-refractivity contribution is 5.97. The number of carbonyl (C=O) groups excluding carboxylic acids is 1. The van der Waals surface area contributed by atoms with Gasteiger partial charge in [-0.25, -0.2) is 8.78 Å². The average Bonchev–Trinajstić information content (AvgIpc) is 2.25. The molecule has 1 aromatic carbocycles. The second-order valence-electron chi connectivity index (χ2n) is 2.86. The third kappa shape index (κ3) is 3.63. The minimum absolute atomic E-state index is 0.113. The minimum Gasteiger partial charge on any atom is -0.488 e. The van der Waals surface area contributed by atoms with E-state index in [4.69, 9.17) is 10.5 Å². The van der Waals surface area contributed by atoms with Crippen LogP contribution in [0, 0.1) is 0 Å². The van der Waals surface area contributed by atoms with E-state index in [1.807, 2.05) is 0 Å². The molecule has 0 spiro atoms. The van der Waals surface area contributed by atoms with E-state index in [1.54, 1.807) is 12.1 Å². The number of hydrogen-bond donors (Lipinski definition) is 1. The molecular weight excluding hydrogens is 204 g/mol. The molecular formula is C10H11F2NO2. The van der Waals surface area contributed by atoms with E-state index in [-0.39, 0.29) is 18.1 Å². The van der Waals surface area contributed by atoms with Crippen LogP contribution >= 0.6 is 0 Å². The van der Waals surface area contributed by atoms with Crippen molar-refractivity contribution in [2.24, 2.45) is 5.73 Å². The number of rotatable bonds is 5. The Morgan fingerprint density at radius 2 is 2.20 bits per heavy atom. The highest BCUT2D eigenvalue weighted by atomic mass is 19.3. The van der Waals surface area contributed by atoms with E-state index >= 15 is 0 Å². The van der Waals surface area contributed by atoms with Crippen LogP contribution in [-0.2, 0) is 0 Å². The number of halogens is 2. The predicted octanol–water partition coefficient (Wildman–Crippen LogP) is 1.47. The monoisotopic (exact) mass is 215 g/mol. The van der Waals surface area contributed by atoms with Crippen molar-refractivity contribution in [1.29, 1.82) is 0 Å². The lowest BCUT2D eigenvalue weighted by Gasteiger charge is -2.06. The van der Waals surface area contributed by atoms with Crippen molar-refractivity contribution in [1.82, 2.24) is 0 Å². The van der Waals surface area contributed by atoms with Gasteiger partial charge in [0.1, 0.15) is 12.4 Å². The average molecular weight is 215 g/mol. The van der Waals surface area contributed by atoms with E-state index in [0.717, 1.165) is 0 Å². The first-order chi connectivity index (χ1) is 7.13. The molecule has 0 amide bonds. The van der Waals surface area contributed by atoms with E-state index in [0.29, 0.717) is 5.56 Å². The first-order valence-corrected chi connectivity index (χ1v) is 4.37. The van der Waals surface area contributed by atoms with Gasteiger partial charge < -0.3 is 10.5 Å². The molecule has 1 rings (SSSR count). The summed E-state index contributed by atoms with van der Waals surface area (Å²) in [4.78, 5) is 11.2. The maximum atomic E-state index is 11.8. The van der Waals surface area contributed by atoms with Crippen molar-refractivity contribution in [3.8, 4) is 5.75 Å².